The van der Waals surface area contributed by atoms with Crippen LogP contribution in [0.25, 0.3) is 28.2 Å². The molecule has 9 heteroatoms. The molecular formula is C23H16IN3O5. The second-order valence-corrected chi connectivity index (χ2v) is 7.90. The Kier molecular flexibility index (Phi) is 5.91. The van der Waals surface area contributed by atoms with Gasteiger partial charge in [0, 0.05) is 23.4 Å². The Morgan fingerprint density at radius 1 is 0.781 bits per heavy atom. The van der Waals surface area contributed by atoms with Crippen molar-refractivity contribution < 1.29 is 14.6 Å². The van der Waals surface area contributed by atoms with Gasteiger partial charge in [0.25, 0.3) is 5.69 Å². The molecule has 4 rings (SSSR count). The van der Waals surface area contributed by atoms with Gasteiger partial charge in [-0.2, -0.15) is 0 Å². The molecule has 0 radical (unpaired) electrons. The van der Waals surface area contributed by atoms with Crippen molar-refractivity contribution in [3.05, 3.63) is 103 Å². The standard InChI is InChI=1S/C23H16IN3O5/c1-32-19-13-7-16(8-14-19)22-23(27(30)31)20(24)21(15-5-3-2-4-6-15)25(22)17-9-11-18(12-10-17)26(28)29/h2-14H,1H3. The second kappa shape index (κ2) is 8.79. The zero-order chi connectivity index (χ0) is 22.8. The Labute approximate surface area is 196 Å². The van der Waals surface area contributed by atoms with Gasteiger partial charge >= 0.3 is 5.69 Å². The number of nitro groups is 2. The molecule has 160 valence electrons. The molecule has 0 atom stereocenters. The molecule has 0 aliphatic heterocycles. The molecule has 8 nitrogen and oxygen atoms in total. The van der Waals surface area contributed by atoms with Crippen LogP contribution >= 0.6 is 22.6 Å². The third-order valence-electron chi connectivity index (χ3n) is 5.00. The number of nitrogens with zero attached hydrogens (tertiary/aromatic N) is 3. The van der Waals surface area contributed by atoms with E-state index in [1.54, 1.807) is 48.1 Å². The molecular weight excluding hydrogens is 525 g/mol. The number of hydrogen-bond donors (Lipinski definition) is 0. The maximum absolute atomic E-state index is 12.2. The Morgan fingerprint density at radius 2 is 1.38 bits per heavy atom. The molecule has 0 saturated heterocycles. The average Bonchev–Trinajstić information content (AvgIpc) is 3.12. The first-order chi connectivity index (χ1) is 15.4. The summed E-state index contributed by atoms with van der Waals surface area (Å²) >= 11 is 2.00. The van der Waals surface area contributed by atoms with E-state index in [1.807, 2.05) is 52.9 Å². The summed E-state index contributed by atoms with van der Waals surface area (Å²) in [6.07, 6.45) is 0. The van der Waals surface area contributed by atoms with E-state index in [0.29, 0.717) is 32.0 Å². The molecule has 4 aromatic rings. The molecule has 0 aliphatic carbocycles. The van der Waals surface area contributed by atoms with Crippen molar-refractivity contribution in [2.75, 3.05) is 7.11 Å². The van der Waals surface area contributed by atoms with Crippen LogP contribution in [0.5, 0.6) is 5.75 Å². The number of methoxy groups -OCH3 is 1. The first-order valence-corrected chi connectivity index (χ1v) is 10.5. The first-order valence-electron chi connectivity index (χ1n) is 9.45. The number of aromatic nitrogens is 1. The molecule has 0 spiro atoms. The molecule has 0 fully saturated rings. The highest BCUT2D eigenvalue weighted by molar-refractivity contribution is 14.1. The molecule has 32 heavy (non-hydrogen) atoms. The Bertz CT molecular complexity index is 1300. The predicted octanol–water partition coefficient (Wildman–Crippen LogP) is 6.24. The van der Waals surface area contributed by atoms with E-state index < -0.39 is 9.85 Å². The summed E-state index contributed by atoms with van der Waals surface area (Å²) in [5.74, 6) is 0.628. The van der Waals surface area contributed by atoms with Crippen LogP contribution in [0.4, 0.5) is 11.4 Å². The van der Waals surface area contributed by atoms with Crippen molar-refractivity contribution in [3.63, 3.8) is 0 Å². The van der Waals surface area contributed by atoms with Crippen LogP contribution in [0.2, 0.25) is 0 Å². The van der Waals surface area contributed by atoms with E-state index in [9.17, 15) is 20.2 Å². The topological polar surface area (TPSA) is 100 Å². The minimum Gasteiger partial charge on any atom is -0.497 e. The summed E-state index contributed by atoms with van der Waals surface area (Å²) in [7, 11) is 1.55. The SMILES string of the molecule is COc1ccc(-c2c([N+](=O)[O-])c(I)c(-c3ccccc3)n2-c2ccc([N+](=O)[O-])cc2)cc1. The highest BCUT2D eigenvalue weighted by Crippen LogP contribution is 2.45. The second-order valence-electron chi connectivity index (χ2n) is 6.82. The molecule has 0 unspecified atom stereocenters. The minimum atomic E-state index is -0.478. The highest BCUT2D eigenvalue weighted by atomic mass is 127. The summed E-state index contributed by atoms with van der Waals surface area (Å²) in [6, 6.07) is 22.3. The van der Waals surface area contributed by atoms with Crippen molar-refractivity contribution in [3.8, 4) is 34.0 Å². The van der Waals surface area contributed by atoms with Gasteiger partial charge in [0.15, 0.2) is 0 Å². The number of nitro benzene ring substituents is 1. The van der Waals surface area contributed by atoms with Gasteiger partial charge in [-0.15, -0.1) is 0 Å². The Morgan fingerprint density at radius 3 is 1.91 bits per heavy atom. The largest absolute Gasteiger partial charge is 0.497 e. The van der Waals surface area contributed by atoms with Crippen LogP contribution in [0.1, 0.15) is 0 Å². The molecule has 0 N–H and O–H groups in total. The van der Waals surface area contributed by atoms with Crippen molar-refractivity contribution >= 4 is 34.0 Å². The molecule has 1 aromatic heterocycles. The zero-order valence-electron chi connectivity index (χ0n) is 16.8. The summed E-state index contributed by atoms with van der Waals surface area (Å²) in [5.41, 5.74) is 2.91. The summed E-state index contributed by atoms with van der Waals surface area (Å²) in [5, 5.41) is 23.3. The molecule has 0 saturated carbocycles. The van der Waals surface area contributed by atoms with Crippen LogP contribution in [0.3, 0.4) is 0 Å². The van der Waals surface area contributed by atoms with Crippen LogP contribution in [-0.4, -0.2) is 21.5 Å². The highest BCUT2D eigenvalue weighted by Gasteiger charge is 2.32. The quantitative estimate of drug-likeness (QED) is 0.163. The van der Waals surface area contributed by atoms with Crippen molar-refractivity contribution in [2.24, 2.45) is 0 Å². The number of halogens is 1. The zero-order valence-corrected chi connectivity index (χ0v) is 18.9. The number of ether oxygens (including phenoxy) is 1. The number of hydrogen-bond acceptors (Lipinski definition) is 5. The smallest absolute Gasteiger partial charge is 0.309 e. The maximum Gasteiger partial charge on any atom is 0.309 e. The molecule has 0 amide bonds. The lowest BCUT2D eigenvalue weighted by Crippen LogP contribution is -2.01. The fraction of sp³-hybridized carbons (Fsp3) is 0.0435. The van der Waals surface area contributed by atoms with E-state index in [2.05, 4.69) is 0 Å². The van der Waals surface area contributed by atoms with E-state index >= 15 is 0 Å². The van der Waals surface area contributed by atoms with Gasteiger partial charge in [0.1, 0.15) is 15.0 Å². The monoisotopic (exact) mass is 541 g/mol. The third-order valence-corrected chi connectivity index (χ3v) is 6.02. The number of non-ortho nitro benzene ring substituents is 1. The van der Waals surface area contributed by atoms with Crippen molar-refractivity contribution in [2.45, 2.75) is 0 Å². The van der Waals surface area contributed by atoms with E-state index in [-0.39, 0.29) is 11.4 Å². The fourth-order valence-corrected chi connectivity index (χ4v) is 4.55. The van der Waals surface area contributed by atoms with Crippen LogP contribution in [0, 0.1) is 23.8 Å². The average molecular weight is 541 g/mol. The van der Waals surface area contributed by atoms with E-state index in [4.69, 9.17) is 4.74 Å². The normalized spacial score (nSPS) is 10.7. The van der Waals surface area contributed by atoms with Gasteiger partial charge in [-0.05, 0) is 64.6 Å². The van der Waals surface area contributed by atoms with Gasteiger partial charge in [0.05, 0.1) is 22.7 Å². The molecule has 3 aromatic carbocycles. The van der Waals surface area contributed by atoms with Gasteiger partial charge in [-0.1, -0.05) is 30.3 Å². The van der Waals surface area contributed by atoms with Gasteiger partial charge in [-0.25, -0.2) is 0 Å². The van der Waals surface area contributed by atoms with Crippen molar-refractivity contribution in [1.82, 2.24) is 4.57 Å². The molecule has 0 aliphatic rings. The Balaban J connectivity index is 2.08. The van der Waals surface area contributed by atoms with Gasteiger partial charge in [-0.3, -0.25) is 20.2 Å². The third kappa shape index (κ3) is 3.82. The fourth-order valence-electron chi connectivity index (χ4n) is 3.55. The first kappa shape index (κ1) is 21.5. The maximum atomic E-state index is 12.2. The predicted molar refractivity (Wildman–Crippen MR) is 129 cm³/mol. The van der Waals surface area contributed by atoms with Gasteiger partial charge in [0.2, 0.25) is 0 Å². The van der Waals surface area contributed by atoms with Gasteiger partial charge < -0.3 is 9.30 Å². The van der Waals surface area contributed by atoms with E-state index in [1.165, 1.54) is 12.1 Å². The van der Waals surface area contributed by atoms with Crippen LogP contribution in [-0.2, 0) is 0 Å². The lowest BCUT2D eigenvalue weighted by Gasteiger charge is -2.14. The van der Waals surface area contributed by atoms with Crippen molar-refractivity contribution in [1.29, 1.82) is 0 Å². The Hall–Kier alpha value is -3.73. The minimum absolute atomic E-state index is 0.0343. The molecule has 1 heterocycles. The van der Waals surface area contributed by atoms with Crippen LogP contribution in [0.15, 0.2) is 78.9 Å². The summed E-state index contributed by atoms with van der Waals surface area (Å²) < 4.78 is 7.48. The van der Waals surface area contributed by atoms with Crippen LogP contribution < -0.4 is 4.74 Å². The van der Waals surface area contributed by atoms with E-state index in [0.717, 1.165) is 5.56 Å². The lowest BCUT2D eigenvalue weighted by molar-refractivity contribution is -0.385. The summed E-state index contributed by atoms with van der Waals surface area (Å²) in [6.45, 7) is 0. The lowest BCUT2D eigenvalue weighted by atomic mass is 10.1. The number of benzene rings is 3. The summed E-state index contributed by atoms with van der Waals surface area (Å²) in [4.78, 5) is 22.4. The number of rotatable bonds is 6. The molecule has 0 bridgehead atoms.